The van der Waals surface area contributed by atoms with Crippen LogP contribution in [0.25, 0.3) is 0 Å². The predicted octanol–water partition coefficient (Wildman–Crippen LogP) is 5.92. The van der Waals surface area contributed by atoms with Gasteiger partial charge in [0.15, 0.2) is 0 Å². The molecular formula is C15H12Br2ClF. The summed E-state index contributed by atoms with van der Waals surface area (Å²) >= 11 is 12.9. The van der Waals surface area contributed by atoms with Crippen molar-refractivity contribution in [2.75, 3.05) is 5.88 Å². The van der Waals surface area contributed by atoms with Crippen LogP contribution in [-0.2, 0) is 6.42 Å². The lowest BCUT2D eigenvalue weighted by molar-refractivity contribution is 0.625. The minimum absolute atomic E-state index is 0.219. The molecule has 1 atom stereocenters. The molecule has 0 saturated heterocycles. The minimum atomic E-state index is -0.235. The fraction of sp³-hybridized carbons (Fsp3) is 0.200. The molecule has 4 heteroatoms. The highest BCUT2D eigenvalue weighted by molar-refractivity contribution is 9.10. The van der Waals surface area contributed by atoms with Crippen molar-refractivity contribution >= 4 is 43.5 Å². The van der Waals surface area contributed by atoms with E-state index in [0.717, 1.165) is 20.9 Å². The van der Waals surface area contributed by atoms with Crippen molar-refractivity contribution < 1.29 is 4.39 Å². The zero-order chi connectivity index (χ0) is 13.8. The maximum absolute atomic E-state index is 13.1. The maximum atomic E-state index is 13.1. The van der Waals surface area contributed by atoms with Crippen LogP contribution in [0.5, 0.6) is 0 Å². The van der Waals surface area contributed by atoms with Crippen molar-refractivity contribution in [1.29, 1.82) is 0 Å². The number of alkyl halides is 1. The highest BCUT2D eigenvalue weighted by Crippen LogP contribution is 2.28. The van der Waals surface area contributed by atoms with Gasteiger partial charge in [-0.3, -0.25) is 0 Å². The SMILES string of the molecule is Fc1ccc(CC(CCl)c2ccc(Br)cc2)c(Br)c1. The third-order valence-corrected chi connectivity index (χ3v) is 4.65. The van der Waals surface area contributed by atoms with Crippen molar-refractivity contribution in [2.24, 2.45) is 0 Å². The van der Waals surface area contributed by atoms with Gasteiger partial charge in [-0.25, -0.2) is 4.39 Å². The summed E-state index contributed by atoms with van der Waals surface area (Å²) in [6.45, 7) is 0. The Morgan fingerprint density at radius 3 is 2.32 bits per heavy atom. The van der Waals surface area contributed by atoms with Crippen LogP contribution in [0.1, 0.15) is 17.0 Å². The van der Waals surface area contributed by atoms with Gasteiger partial charge in [-0.2, -0.15) is 0 Å². The van der Waals surface area contributed by atoms with Gasteiger partial charge in [-0.15, -0.1) is 11.6 Å². The van der Waals surface area contributed by atoms with E-state index in [2.05, 4.69) is 44.0 Å². The summed E-state index contributed by atoms with van der Waals surface area (Å²) in [6, 6.07) is 12.9. The number of hydrogen-bond donors (Lipinski definition) is 0. The summed E-state index contributed by atoms with van der Waals surface area (Å²) in [5.41, 5.74) is 2.25. The second kappa shape index (κ2) is 6.87. The molecule has 0 fully saturated rings. The van der Waals surface area contributed by atoms with Crippen molar-refractivity contribution in [2.45, 2.75) is 12.3 Å². The van der Waals surface area contributed by atoms with Crippen molar-refractivity contribution in [3.05, 3.63) is 68.4 Å². The van der Waals surface area contributed by atoms with E-state index in [1.165, 1.54) is 17.7 Å². The van der Waals surface area contributed by atoms with Gasteiger partial charge in [0.2, 0.25) is 0 Å². The van der Waals surface area contributed by atoms with Crippen molar-refractivity contribution in [1.82, 2.24) is 0 Å². The molecule has 19 heavy (non-hydrogen) atoms. The van der Waals surface area contributed by atoms with E-state index in [1.807, 2.05) is 12.1 Å². The maximum Gasteiger partial charge on any atom is 0.124 e. The first-order valence-corrected chi connectivity index (χ1v) is 7.97. The minimum Gasteiger partial charge on any atom is -0.207 e. The number of hydrogen-bond acceptors (Lipinski definition) is 0. The molecule has 2 rings (SSSR count). The van der Waals surface area contributed by atoms with Crippen LogP contribution >= 0.6 is 43.5 Å². The highest BCUT2D eigenvalue weighted by atomic mass is 79.9. The van der Waals surface area contributed by atoms with Gasteiger partial charge in [-0.1, -0.05) is 50.1 Å². The summed E-state index contributed by atoms with van der Waals surface area (Å²) < 4.78 is 14.9. The molecule has 100 valence electrons. The number of benzene rings is 2. The molecule has 0 spiro atoms. The molecule has 2 aromatic rings. The van der Waals surface area contributed by atoms with Crippen LogP contribution in [-0.4, -0.2) is 5.88 Å². The normalized spacial score (nSPS) is 12.4. The first kappa shape index (κ1) is 15.0. The smallest absolute Gasteiger partial charge is 0.124 e. The molecule has 0 aromatic heterocycles. The largest absolute Gasteiger partial charge is 0.207 e. The predicted molar refractivity (Wildman–Crippen MR) is 85.4 cm³/mol. The lowest BCUT2D eigenvalue weighted by atomic mass is 9.93. The van der Waals surface area contributed by atoms with Gasteiger partial charge in [0.05, 0.1) is 0 Å². The number of halogens is 4. The zero-order valence-corrected chi connectivity index (χ0v) is 14.0. The molecule has 0 aliphatic carbocycles. The molecule has 0 heterocycles. The average molecular weight is 407 g/mol. The third-order valence-electron chi connectivity index (χ3n) is 3.01. The Labute approximate surface area is 134 Å². The van der Waals surface area contributed by atoms with E-state index in [-0.39, 0.29) is 11.7 Å². The van der Waals surface area contributed by atoms with Gasteiger partial charge >= 0.3 is 0 Å². The topological polar surface area (TPSA) is 0 Å². The molecular weight excluding hydrogens is 394 g/mol. The Kier molecular flexibility index (Phi) is 5.43. The van der Waals surface area contributed by atoms with Crippen molar-refractivity contribution in [3.63, 3.8) is 0 Å². The van der Waals surface area contributed by atoms with E-state index in [1.54, 1.807) is 6.07 Å². The molecule has 1 unspecified atom stereocenters. The summed E-state index contributed by atoms with van der Waals surface area (Å²) in [5, 5.41) is 0. The molecule has 2 aromatic carbocycles. The molecule has 0 bridgehead atoms. The number of rotatable bonds is 4. The molecule has 0 N–H and O–H groups in total. The van der Waals surface area contributed by atoms with Gasteiger partial charge in [0.25, 0.3) is 0 Å². The van der Waals surface area contributed by atoms with Gasteiger partial charge in [-0.05, 0) is 41.8 Å². The summed E-state index contributed by atoms with van der Waals surface area (Å²) in [7, 11) is 0. The summed E-state index contributed by atoms with van der Waals surface area (Å²) in [6.07, 6.45) is 0.784. The zero-order valence-electron chi connectivity index (χ0n) is 10.0. The van der Waals surface area contributed by atoms with Gasteiger partial charge in [0.1, 0.15) is 5.82 Å². The second-order valence-corrected chi connectivity index (χ2v) is 6.42. The highest BCUT2D eigenvalue weighted by Gasteiger charge is 2.13. The van der Waals surface area contributed by atoms with Crippen LogP contribution in [0.2, 0.25) is 0 Å². The monoisotopic (exact) mass is 404 g/mol. The summed E-state index contributed by atoms with van der Waals surface area (Å²) in [4.78, 5) is 0. The Morgan fingerprint density at radius 2 is 1.74 bits per heavy atom. The second-order valence-electron chi connectivity index (χ2n) is 4.34. The molecule has 0 amide bonds. The Balaban J connectivity index is 2.21. The third kappa shape index (κ3) is 4.04. The first-order chi connectivity index (χ1) is 9.10. The molecule has 0 aliphatic heterocycles. The van der Waals surface area contributed by atoms with Crippen molar-refractivity contribution in [3.8, 4) is 0 Å². The lowest BCUT2D eigenvalue weighted by Crippen LogP contribution is -2.05. The summed E-state index contributed by atoms with van der Waals surface area (Å²) in [5.74, 6) is 0.518. The lowest BCUT2D eigenvalue weighted by Gasteiger charge is -2.15. The fourth-order valence-corrected chi connectivity index (χ4v) is 3.01. The van der Waals surface area contributed by atoms with Gasteiger partial charge < -0.3 is 0 Å². The van der Waals surface area contributed by atoms with E-state index < -0.39 is 0 Å². The van der Waals surface area contributed by atoms with E-state index in [9.17, 15) is 4.39 Å². The average Bonchev–Trinajstić information content (AvgIpc) is 2.39. The van der Waals surface area contributed by atoms with Crippen LogP contribution in [0, 0.1) is 5.82 Å². The van der Waals surface area contributed by atoms with Crippen LogP contribution in [0.3, 0.4) is 0 Å². The van der Waals surface area contributed by atoms with Gasteiger partial charge in [0, 0.05) is 20.7 Å². The quantitative estimate of drug-likeness (QED) is 0.553. The Hall–Kier alpha value is -0.380. The van der Waals surface area contributed by atoms with Crippen LogP contribution < -0.4 is 0 Å². The van der Waals surface area contributed by atoms with E-state index >= 15 is 0 Å². The molecule has 0 saturated carbocycles. The standard InChI is InChI=1S/C15H12Br2ClF/c16-13-4-1-10(2-5-13)12(9-18)7-11-3-6-14(19)8-15(11)17/h1-6,8,12H,7,9H2. The van der Waals surface area contributed by atoms with Crippen LogP contribution in [0.15, 0.2) is 51.4 Å². The molecule has 0 radical (unpaired) electrons. The molecule has 0 aliphatic rings. The Morgan fingerprint density at radius 1 is 1.05 bits per heavy atom. The van der Waals surface area contributed by atoms with E-state index in [4.69, 9.17) is 11.6 Å². The first-order valence-electron chi connectivity index (χ1n) is 5.85. The Bertz CT molecular complexity index is 555. The molecule has 0 nitrogen and oxygen atoms in total. The fourth-order valence-electron chi connectivity index (χ4n) is 1.95. The van der Waals surface area contributed by atoms with Crippen LogP contribution in [0.4, 0.5) is 4.39 Å². The van der Waals surface area contributed by atoms with E-state index in [0.29, 0.717) is 5.88 Å².